The van der Waals surface area contributed by atoms with Crippen molar-refractivity contribution in [2.45, 2.75) is 38.5 Å². The molecular formula is C28H29ClN2O2. The maximum Gasteiger partial charge on any atom is 0.410 e. The highest BCUT2D eigenvalue weighted by Gasteiger charge is 2.32. The topological polar surface area (TPSA) is 32.8 Å². The minimum Gasteiger partial charge on any atom is -0.439 e. The lowest BCUT2D eigenvalue weighted by molar-refractivity contribution is 0.132. The number of hydrogen-bond donors (Lipinski definition) is 0. The molecule has 0 aliphatic carbocycles. The summed E-state index contributed by atoms with van der Waals surface area (Å²) in [4.78, 5) is 16.7. The van der Waals surface area contributed by atoms with E-state index in [0.29, 0.717) is 18.1 Å². The molecule has 2 saturated heterocycles. The quantitative estimate of drug-likeness (QED) is 0.411. The number of cyclic esters (lactones) is 1. The fourth-order valence-electron chi connectivity index (χ4n) is 4.74. The highest BCUT2D eigenvalue weighted by molar-refractivity contribution is 6.30. The molecule has 2 aliphatic heterocycles. The predicted octanol–water partition coefficient (Wildman–Crippen LogP) is 6.69. The zero-order valence-corrected chi connectivity index (χ0v) is 19.5. The SMILES string of the molecule is O=C1O[C@H](c2ccc(Cl)cc2)CN1Cc1ccc(-c2cccc(CN3CCCCC3)c2)cc1. The van der Waals surface area contributed by atoms with E-state index in [1.54, 1.807) is 4.90 Å². The molecule has 2 fully saturated rings. The van der Waals surface area contributed by atoms with Crippen molar-refractivity contribution in [2.24, 2.45) is 0 Å². The third-order valence-corrected chi connectivity index (χ3v) is 6.82. The number of nitrogens with zero attached hydrogens (tertiary/aromatic N) is 2. The van der Waals surface area contributed by atoms with Crippen molar-refractivity contribution in [2.75, 3.05) is 19.6 Å². The van der Waals surface area contributed by atoms with Crippen molar-refractivity contribution in [3.63, 3.8) is 0 Å². The van der Waals surface area contributed by atoms with Crippen LogP contribution in [0.1, 0.15) is 42.1 Å². The first-order chi connectivity index (χ1) is 16.1. The normalized spacial score (nSPS) is 19.0. The highest BCUT2D eigenvalue weighted by Crippen LogP contribution is 2.29. The summed E-state index contributed by atoms with van der Waals surface area (Å²) in [5, 5.41) is 0.678. The Morgan fingerprint density at radius 3 is 2.33 bits per heavy atom. The van der Waals surface area contributed by atoms with Gasteiger partial charge >= 0.3 is 6.09 Å². The molecule has 3 aromatic carbocycles. The summed E-state index contributed by atoms with van der Waals surface area (Å²) in [5.74, 6) is 0. The number of carbonyl (C=O) groups excluding carboxylic acids is 1. The van der Waals surface area contributed by atoms with E-state index < -0.39 is 0 Å². The molecule has 33 heavy (non-hydrogen) atoms. The van der Waals surface area contributed by atoms with Crippen LogP contribution in [-0.2, 0) is 17.8 Å². The van der Waals surface area contributed by atoms with E-state index in [1.807, 2.05) is 24.3 Å². The van der Waals surface area contributed by atoms with Gasteiger partial charge in [-0.15, -0.1) is 0 Å². The summed E-state index contributed by atoms with van der Waals surface area (Å²) < 4.78 is 5.58. The number of rotatable bonds is 6. The molecule has 0 aromatic heterocycles. The van der Waals surface area contributed by atoms with Crippen LogP contribution in [-0.4, -0.2) is 35.5 Å². The molecule has 5 heteroatoms. The average molecular weight is 461 g/mol. The summed E-state index contributed by atoms with van der Waals surface area (Å²) in [6.45, 7) is 4.52. The van der Waals surface area contributed by atoms with Crippen LogP contribution in [0.15, 0.2) is 72.8 Å². The van der Waals surface area contributed by atoms with E-state index >= 15 is 0 Å². The Balaban J connectivity index is 1.22. The van der Waals surface area contributed by atoms with Crippen molar-refractivity contribution in [3.05, 3.63) is 94.5 Å². The van der Waals surface area contributed by atoms with Gasteiger partial charge in [-0.05, 0) is 71.9 Å². The standard InChI is InChI=1S/C28H29ClN2O2/c29-26-13-11-24(12-14-26)27-20-31(28(32)33-27)19-21-7-9-23(10-8-21)25-6-4-5-22(17-25)18-30-15-2-1-3-16-30/h4-14,17,27H,1-3,15-16,18-20H2/t27-/m0/s1. The molecule has 0 bridgehead atoms. The maximum atomic E-state index is 12.4. The second-order valence-electron chi connectivity index (χ2n) is 9.04. The molecule has 2 aliphatic rings. The molecule has 0 radical (unpaired) electrons. The van der Waals surface area contributed by atoms with E-state index in [9.17, 15) is 4.79 Å². The number of halogens is 1. The van der Waals surface area contributed by atoms with Crippen molar-refractivity contribution < 1.29 is 9.53 Å². The van der Waals surface area contributed by atoms with Crippen molar-refractivity contribution >= 4 is 17.7 Å². The van der Waals surface area contributed by atoms with Crippen LogP contribution in [0, 0.1) is 0 Å². The first-order valence-corrected chi connectivity index (χ1v) is 12.1. The van der Waals surface area contributed by atoms with E-state index in [0.717, 1.165) is 17.7 Å². The third kappa shape index (κ3) is 5.40. The molecule has 0 unspecified atom stereocenters. The van der Waals surface area contributed by atoms with E-state index in [4.69, 9.17) is 16.3 Å². The smallest absolute Gasteiger partial charge is 0.410 e. The summed E-state index contributed by atoms with van der Waals surface area (Å²) >= 11 is 5.97. The van der Waals surface area contributed by atoms with Crippen LogP contribution >= 0.6 is 11.6 Å². The minimum atomic E-state index is -0.274. The van der Waals surface area contributed by atoms with E-state index in [1.165, 1.54) is 49.0 Å². The van der Waals surface area contributed by atoms with Gasteiger partial charge in [0.05, 0.1) is 6.54 Å². The van der Waals surface area contributed by atoms with Gasteiger partial charge in [-0.1, -0.05) is 72.6 Å². The summed E-state index contributed by atoms with van der Waals surface area (Å²) in [5.41, 5.74) is 5.86. The molecule has 5 rings (SSSR count). The monoisotopic (exact) mass is 460 g/mol. The van der Waals surface area contributed by atoms with Crippen LogP contribution in [0.2, 0.25) is 5.02 Å². The van der Waals surface area contributed by atoms with Crippen LogP contribution < -0.4 is 0 Å². The Hall–Kier alpha value is -2.82. The molecule has 1 atom stereocenters. The highest BCUT2D eigenvalue weighted by atomic mass is 35.5. The van der Waals surface area contributed by atoms with Gasteiger partial charge in [-0.2, -0.15) is 0 Å². The fourth-order valence-corrected chi connectivity index (χ4v) is 4.86. The number of ether oxygens (including phenoxy) is 1. The summed E-state index contributed by atoms with van der Waals surface area (Å²) in [6, 6.07) is 24.8. The van der Waals surface area contributed by atoms with Crippen LogP contribution in [0.25, 0.3) is 11.1 Å². The second-order valence-corrected chi connectivity index (χ2v) is 9.48. The Labute approximate surface area is 200 Å². The van der Waals surface area contributed by atoms with E-state index in [2.05, 4.69) is 53.4 Å². The number of amides is 1. The van der Waals surface area contributed by atoms with Gasteiger partial charge in [0.2, 0.25) is 0 Å². The largest absolute Gasteiger partial charge is 0.439 e. The van der Waals surface area contributed by atoms with Gasteiger partial charge in [0.1, 0.15) is 6.10 Å². The lowest BCUT2D eigenvalue weighted by Crippen LogP contribution is -2.29. The van der Waals surface area contributed by atoms with Gasteiger partial charge in [0.15, 0.2) is 0 Å². The Kier molecular flexibility index (Phi) is 6.65. The van der Waals surface area contributed by atoms with Crippen molar-refractivity contribution in [3.8, 4) is 11.1 Å². The van der Waals surface area contributed by atoms with Gasteiger partial charge < -0.3 is 4.74 Å². The van der Waals surface area contributed by atoms with Crippen molar-refractivity contribution in [1.82, 2.24) is 9.80 Å². The number of hydrogen-bond acceptors (Lipinski definition) is 3. The lowest BCUT2D eigenvalue weighted by Gasteiger charge is -2.26. The summed E-state index contributed by atoms with van der Waals surface area (Å²) in [6.07, 6.45) is 3.46. The molecule has 4 nitrogen and oxygen atoms in total. The zero-order valence-electron chi connectivity index (χ0n) is 18.8. The summed E-state index contributed by atoms with van der Waals surface area (Å²) in [7, 11) is 0. The van der Waals surface area contributed by atoms with Gasteiger partial charge in [0, 0.05) is 18.1 Å². The average Bonchev–Trinajstić information content (AvgIpc) is 3.21. The van der Waals surface area contributed by atoms with Gasteiger partial charge in [0.25, 0.3) is 0 Å². The second kappa shape index (κ2) is 9.98. The predicted molar refractivity (Wildman–Crippen MR) is 132 cm³/mol. The van der Waals surface area contributed by atoms with Crippen molar-refractivity contribution in [1.29, 1.82) is 0 Å². The molecule has 0 spiro atoms. The molecule has 0 N–H and O–H groups in total. The van der Waals surface area contributed by atoms with Gasteiger partial charge in [-0.3, -0.25) is 9.80 Å². The molecule has 2 heterocycles. The number of carbonyl (C=O) groups is 1. The third-order valence-electron chi connectivity index (χ3n) is 6.57. The maximum absolute atomic E-state index is 12.4. The lowest BCUT2D eigenvalue weighted by atomic mass is 10.0. The molecular weight excluding hydrogens is 432 g/mol. The number of benzene rings is 3. The zero-order chi connectivity index (χ0) is 22.6. The first kappa shape index (κ1) is 22.0. The molecule has 0 saturated carbocycles. The van der Waals surface area contributed by atoms with Crippen LogP contribution in [0.4, 0.5) is 4.79 Å². The van der Waals surface area contributed by atoms with E-state index in [-0.39, 0.29) is 12.2 Å². The van der Waals surface area contributed by atoms with Crippen LogP contribution in [0.5, 0.6) is 0 Å². The number of likely N-dealkylation sites (tertiary alicyclic amines) is 1. The number of piperidine rings is 1. The Bertz CT molecular complexity index is 1090. The Morgan fingerprint density at radius 2 is 1.58 bits per heavy atom. The first-order valence-electron chi connectivity index (χ1n) is 11.8. The molecule has 170 valence electrons. The molecule has 1 amide bonds. The fraction of sp³-hybridized carbons (Fsp3) is 0.321. The minimum absolute atomic E-state index is 0.253. The van der Waals surface area contributed by atoms with Gasteiger partial charge in [-0.25, -0.2) is 4.79 Å². The molecule has 3 aromatic rings. The van der Waals surface area contributed by atoms with Crippen LogP contribution in [0.3, 0.4) is 0 Å². The Morgan fingerprint density at radius 1 is 0.818 bits per heavy atom.